The molecular weight excluding hydrogens is 272 g/mol. The maximum atomic E-state index is 12.5. The Morgan fingerprint density at radius 3 is 2.63 bits per heavy atom. The first kappa shape index (κ1) is 15.4. The number of carbonyl (C=O) groups is 1. The molecule has 8 nitrogen and oxygen atoms in total. The lowest BCUT2D eigenvalue weighted by molar-refractivity contribution is -0.140. The second-order valence-electron chi connectivity index (χ2n) is 3.96. The Labute approximate surface area is 112 Å². The van der Waals surface area contributed by atoms with Crippen LogP contribution in [-0.2, 0) is 26.6 Å². The number of imidazole rings is 1. The van der Waals surface area contributed by atoms with Gasteiger partial charge in [-0.1, -0.05) is 6.92 Å². The topological polar surface area (TPSA) is 108 Å². The van der Waals surface area contributed by atoms with Crippen LogP contribution in [0.2, 0.25) is 0 Å². The van der Waals surface area contributed by atoms with E-state index >= 15 is 0 Å². The van der Waals surface area contributed by atoms with Gasteiger partial charge in [0.05, 0.1) is 13.4 Å². The molecule has 0 atom stereocenters. The number of aryl methyl sites for hydroxylation is 1. The molecule has 9 heteroatoms. The predicted octanol–water partition coefficient (Wildman–Crippen LogP) is -0.424. The maximum absolute atomic E-state index is 12.5. The number of nitrogens with zero attached hydrogens (tertiary/aromatic N) is 3. The molecule has 0 spiro atoms. The summed E-state index contributed by atoms with van der Waals surface area (Å²) in [6.07, 6.45) is 1.87. The van der Waals surface area contributed by atoms with Crippen molar-refractivity contribution in [2.75, 3.05) is 25.9 Å². The van der Waals surface area contributed by atoms with Gasteiger partial charge in [-0.25, -0.2) is 13.4 Å². The zero-order chi connectivity index (χ0) is 14.6. The van der Waals surface area contributed by atoms with Gasteiger partial charge >= 0.3 is 5.97 Å². The van der Waals surface area contributed by atoms with Gasteiger partial charge in [0.25, 0.3) is 10.0 Å². The van der Waals surface area contributed by atoms with E-state index in [-0.39, 0.29) is 23.9 Å². The maximum Gasteiger partial charge on any atom is 0.321 e. The van der Waals surface area contributed by atoms with Crippen molar-refractivity contribution in [3.8, 4) is 0 Å². The third-order valence-corrected chi connectivity index (χ3v) is 4.48. The molecule has 19 heavy (non-hydrogen) atoms. The van der Waals surface area contributed by atoms with Crippen molar-refractivity contribution in [2.45, 2.75) is 18.4 Å². The Morgan fingerprint density at radius 1 is 1.58 bits per heavy atom. The van der Waals surface area contributed by atoms with Crippen LogP contribution in [-0.4, -0.2) is 48.4 Å². The second-order valence-corrected chi connectivity index (χ2v) is 5.81. The van der Waals surface area contributed by atoms with Crippen LogP contribution < -0.4 is 5.73 Å². The average molecular weight is 290 g/mol. The van der Waals surface area contributed by atoms with Crippen LogP contribution >= 0.6 is 0 Å². The van der Waals surface area contributed by atoms with Gasteiger partial charge in [-0.15, -0.1) is 0 Å². The Morgan fingerprint density at radius 2 is 2.21 bits per heavy atom. The second kappa shape index (κ2) is 6.02. The van der Waals surface area contributed by atoms with Crippen LogP contribution in [0.1, 0.15) is 13.3 Å². The minimum atomic E-state index is -3.88. The Bertz CT molecular complexity index is 532. The van der Waals surface area contributed by atoms with Crippen molar-refractivity contribution in [1.82, 2.24) is 13.9 Å². The number of sulfonamides is 1. The number of hydrogen-bond acceptors (Lipinski definition) is 6. The van der Waals surface area contributed by atoms with E-state index < -0.39 is 16.0 Å². The Hall–Kier alpha value is -1.61. The van der Waals surface area contributed by atoms with Crippen molar-refractivity contribution in [3.05, 3.63) is 6.33 Å². The highest BCUT2D eigenvalue weighted by atomic mass is 32.2. The van der Waals surface area contributed by atoms with E-state index in [1.54, 1.807) is 0 Å². The lowest BCUT2D eigenvalue weighted by atomic mass is 10.5. The molecule has 1 aromatic rings. The quantitative estimate of drug-likeness (QED) is 0.713. The first-order valence-corrected chi connectivity index (χ1v) is 7.12. The van der Waals surface area contributed by atoms with Crippen molar-refractivity contribution in [3.63, 3.8) is 0 Å². The molecule has 2 N–H and O–H groups in total. The number of aromatic nitrogens is 2. The number of hydrogen-bond donors (Lipinski definition) is 1. The van der Waals surface area contributed by atoms with Crippen LogP contribution in [0.25, 0.3) is 0 Å². The molecular formula is C10H18N4O4S. The monoisotopic (exact) mass is 290 g/mol. The molecule has 0 amide bonds. The van der Waals surface area contributed by atoms with Gasteiger partial charge in [-0.2, -0.15) is 4.31 Å². The molecule has 0 aliphatic rings. The smallest absolute Gasteiger partial charge is 0.321 e. The van der Waals surface area contributed by atoms with Gasteiger partial charge in [0.15, 0.2) is 10.8 Å². The third-order valence-electron chi connectivity index (χ3n) is 2.50. The van der Waals surface area contributed by atoms with Crippen molar-refractivity contribution >= 4 is 21.8 Å². The first-order chi connectivity index (χ1) is 8.84. The van der Waals surface area contributed by atoms with E-state index in [9.17, 15) is 13.2 Å². The van der Waals surface area contributed by atoms with Gasteiger partial charge in [0.1, 0.15) is 6.54 Å². The standard InChI is InChI=1S/C10H18N4O4S/c1-4-5-14(6-8(15)18-3)19(16,17)10-9(11)12-7-13(10)2/h7H,4-6,11H2,1-3H3. The largest absolute Gasteiger partial charge is 0.468 e. The molecule has 0 unspecified atom stereocenters. The fourth-order valence-electron chi connectivity index (χ4n) is 1.62. The summed E-state index contributed by atoms with van der Waals surface area (Å²) in [4.78, 5) is 15.0. The lowest BCUT2D eigenvalue weighted by Gasteiger charge is -2.20. The van der Waals surface area contributed by atoms with Crippen molar-refractivity contribution in [1.29, 1.82) is 0 Å². The number of ether oxygens (including phenoxy) is 1. The summed E-state index contributed by atoms with van der Waals surface area (Å²) in [6.45, 7) is 1.66. The molecule has 108 valence electrons. The van der Waals surface area contributed by atoms with E-state index in [1.165, 1.54) is 25.1 Å². The summed E-state index contributed by atoms with van der Waals surface area (Å²) in [5.41, 5.74) is 5.57. The molecule has 0 fully saturated rings. The molecule has 0 saturated carbocycles. The van der Waals surface area contributed by atoms with E-state index in [2.05, 4.69) is 9.72 Å². The molecule has 0 aromatic carbocycles. The molecule has 1 rings (SSSR count). The van der Waals surface area contributed by atoms with Gasteiger partial charge in [-0.3, -0.25) is 4.79 Å². The first-order valence-electron chi connectivity index (χ1n) is 5.68. The predicted molar refractivity (Wildman–Crippen MR) is 68.7 cm³/mol. The van der Waals surface area contributed by atoms with E-state index in [4.69, 9.17) is 5.73 Å². The highest BCUT2D eigenvalue weighted by Gasteiger charge is 2.31. The van der Waals surface area contributed by atoms with Gasteiger partial charge in [-0.05, 0) is 6.42 Å². The van der Waals surface area contributed by atoms with Gasteiger partial charge in [0.2, 0.25) is 0 Å². The summed E-state index contributed by atoms with van der Waals surface area (Å²) < 4.78 is 31.8. The number of nitrogens with two attached hydrogens (primary N) is 1. The van der Waals surface area contributed by atoms with E-state index in [0.29, 0.717) is 6.42 Å². The van der Waals surface area contributed by atoms with Crippen LogP contribution in [0.3, 0.4) is 0 Å². The zero-order valence-electron chi connectivity index (χ0n) is 11.2. The highest BCUT2D eigenvalue weighted by Crippen LogP contribution is 2.20. The van der Waals surface area contributed by atoms with Crippen LogP contribution in [0.15, 0.2) is 11.4 Å². The molecule has 1 heterocycles. The molecule has 0 radical (unpaired) electrons. The van der Waals surface area contributed by atoms with E-state index in [1.807, 2.05) is 6.92 Å². The molecule has 0 saturated heterocycles. The number of carbonyl (C=O) groups excluding carboxylic acids is 1. The van der Waals surface area contributed by atoms with Crippen molar-refractivity contribution in [2.24, 2.45) is 7.05 Å². The summed E-state index contributed by atoms with van der Waals surface area (Å²) in [5.74, 6) is -0.716. The summed E-state index contributed by atoms with van der Waals surface area (Å²) in [7, 11) is -1.15. The van der Waals surface area contributed by atoms with Crippen LogP contribution in [0.4, 0.5) is 5.82 Å². The van der Waals surface area contributed by atoms with Crippen LogP contribution in [0, 0.1) is 0 Å². The number of esters is 1. The Balaban J connectivity index is 3.17. The number of methoxy groups -OCH3 is 1. The normalized spacial score (nSPS) is 11.8. The van der Waals surface area contributed by atoms with Gasteiger partial charge in [0, 0.05) is 13.6 Å². The molecule has 0 bridgehead atoms. The fourth-order valence-corrected chi connectivity index (χ4v) is 3.29. The third kappa shape index (κ3) is 3.24. The highest BCUT2D eigenvalue weighted by molar-refractivity contribution is 7.89. The summed E-state index contributed by atoms with van der Waals surface area (Å²) >= 11 is 0. The SMILES string of the molecule is CCCN(CC(=O)OC)S(=O)(=O)c1c(N)ncn1C. The number of nitrogen functional groups attached to an aromatic ring is 1. The van der Waals surface area contributed by atoms with Crippen molar-refractivity contribution < 1.29 is 17.9 Å². The molecule has 1 aromatic heterocycles. The molecule has 0 aliphatic carbocycles. The summed E-state index contributed by atoms with van der Waals surface area (Å²) in [6, 6.07) is 0. The molecule has 0 aliphatic heterocycles. The lowest BCUT2D eigenvalue weighted by Crippen LogP contribution is -2.37. The van der Waals surface area contributed by atoms with E-state index in [0.717, 1.165) is 4.31 Å². The number of anilines is 1. The average Bonchev–Trinajstić information content (AvgIpc) is 2.68. The van der Waals surface area contributed by atoms with Gasteiger partial charge < -0.3 is 15.0 Å². The zero-order valence-corrected chi connectivity index (χ0v) is 12.0. The minimum absolute atomic E-state index is 0.0894. The summed E-state index contributed by atoms with van der Waals surface area (Å²) in [5, 5.41) is -0.121. The number of rotatable bonds is 6. The fraction of sp³-hybridized carbons (Fsp3) is 0.600. The Kier molecular flexibility index (Phi) is 4.90. The van der Waals surface area contributed by atoms with Crippen LogP contribution in [0.5, 0.6) is 0 Å². The minimum Gasteiger partial charge on any atom is -0.468 e.